The van der Waals surface area contributed by atoms with Gasteiger partial charge in [0.15, 0.2) is 0 Å². The summed E-state index contributed by atoms with van der Waals surface area (Å²) in [6.07, 6.45) is 0. The normalized spacial score (nSPS) is 10.5. The van der Waals surface area contributed by atoms with Crippen LogP contribution in [0.3, 0.4) is 0 Å². The minimum atomic E-state index is -4.40. The van der Waals surface area contributed by atoms with E-state index in [-0.39, 0.29) is 10.6 Å². The van der Waals surface area contributed by atoms with Crippen molar-refractivity contribution >= 4 is 43.5 Å². The van der Waals surface area contributed by atoms with Crippen molar-refractivity contribution in [2.45, 2.75) is 44.4 Å². The van der Waals surface area contributed by atoms with Gasteiger partial charge in [-0.2, -0.15) is 0 Å². The molecule has 0 aliphatic rings. The van der Waals surface area contributed by atoms with Crippen LogP contribution in [-0.4, -0.2) is 28.6 Å². The molecule has 0 unspecified atom stereocenters. The third-order valence-electron chi connectivity index (χ3n) is 3.01. The molecule has 0 aliphatic carbocycles. The molecule has 0 spiro atoms. The molecule has 2 N–H and O–H groups in total. The summed E-state index contributed by atoms with van der Waals surface area (Å²) in [5, 5.41) is -0.205. The molecule has 0 bridgehead atoms. The van der Waals surface area contributed by atoms with E-state index in [0.717, 1.165) is 25.1 Å². The topological polar surface area (TPSA) is 126 Å². The van der Waals surface area contributed by atoms with Gasteiger partial charge in [0.25, 0.3) is 26.0 Å². The van der Waals surface area contributed by atoms with Crippen molar-refractivity contribution in [3.8, 4) is 0 Å². The van der Waals surface area contributed by atoms with E-state index in [4.69, 9.17) is 11.6 Å². The SMILES string of the molecule is CC.CC.CC(=O)NS(=O)(=O)c1cc(Cl)cc(S(=O)(=O)NC(=O)c2ccccc2)c1. The molecule has 0 aromatic heterocycles. The minimum absolute atomic E-state index is 0.101. The molecular formula is C19H25ClN2O6S2. The van der Waals surface area contributed by atoms with Crippen molar-refractivity contribution < 1.29 is 26.4 Å². The number of carbonyl (C=O) groups excluding carboxylic acids is 2. The quantitative estimate of drug-likeness (QED) is 0.681. The van der Waals surface area contributed by atoms with Crippen LogP contribution in [-0.2, 0) is 24.8 Å². The van der Waals surface area contributed by atoms with E-state index >= 15 is 0 Å². The van der Waals surface area contributed by atoms with Gasteiger partial charge < -0.3 is 0 Å². The summed E-state index contributed by atoms with van der Waals surface area (Å²) < 4.78 is 52.4. The Balaban J connectivity index is 0.00000198. The van der Waals surface area contributed by atoms with Gasteiger partial charge in [-0.3, -0.25) is 9.59 Å². The first-order chi connectivity index (χ1) is 14.0. The summed E-state index contributed by atoms with van der Waals surface area (Å²) in [7, 11) is -8.71. The molecular weight excluding hydrogens is 452 g/mol. The lowest BCUT2D eigenvalue weighted by molar-refractivity contribution is -0.117. The predicted molar refractivity (Wildman–Crippen MR) is 116 cm³/mol. The van der Waals surface area contributed by atoms with Crippen molar-refractivity contribution in [3.05, 3.63) is 59.1 Å². The summed E-state index contributed by atoms with van der Waals surface area (Å²) in [6, 6.07) is 10.3. The number of hydrogen-bond donors (Lipinski definition) is 2. The van der Waals surface area contributed by atoms with E-state index in [2.05, 4.69) is 0 Å². The van der Waals surface area contributed by atoms with Crippen LogP contribution in [0.4, 0.5) is 0 Å². The lowest BCUT2D eigenvalue weighted by Gasteiger charge is -2.10. The lowest BCUT2D eigenvalue weighted by atomic mass is 10.2. The molecule has 11 heteroatoms. The molecule has 0 saturated carbocycles. The Kier molecular flexibility index (Phi) is 11.3. The van der Waals surface area contributed by atoms with E-state index in [1.807, 2.05) is 32.4 Å². The van der Waals surface area contributed by atoms with Crippen LogP contribution >= 0.6 is 11.6 Å². The number of sulfonamides is 2. The van der Waals surface area contributed by atoms with Crippen LogP contribution in [0.15, 0.2) is 58.3 Å². The molecule has 166 valence electrons. The Hall–Kier alpha value is -2.43. The Labute approximate surface area is 182 Å². The van der Waals surface area contributed by atoms with Crippen molar-refractivity contribution in [3.63, 3.8) is 0 Å². The molecule has 0 heterocycles. The predicted octanol–water partition coefficient (Wildman–Crippen LogP) is 3.34. The fourth-order valence-electron chi connectivity index (χ4n) is 1.92. The minimum Gasteiger partial charge on any atom is -0.274 e. The monoisotopic (exact) mass is 476 g/mol. The average molecular weight is 477 g/mol. The van der Waals surface area contributed by atoms with Gasteiger partial charge in [-0.05, 0) is 30.3 Å². The third-order valence-corrected chi connectivity index (χ3v) is 5.95. The summed E-state index contributed by atoms with van der Waals surface area (Å²) in [5.74, 6) is -1.75. The fraction of sp³-hybridized carbons (Fsp3) is 0.263. The molecule has 0 aliphatic heterocycles. The van der Waals surface area contributed by atoms with Crippen molar-refractivity contribution in [2.75, 3.05) is 0 Å². The molecule has 0 fully saturated rings. The third kappa shape index (κ3) is 8.13. The Morgan fingerprint density at radius 2 is 1.20 bits per heavy atom. The van der Waals surface area contributed by atoms with Crippen molar-refractivity contribution in [1.29, 1.82) is 0 Å². The van der Waals surface area contributed by atoms with E-state index in [0.29, 0.717) is 0 Å². The van der Waals surface area contributed by atoms with Gasteiger partial charge in [-0.1, -0.05) is 57.5 Å². The van der Waals surface area contributed by atoms with Gasteiger partial charge in [-0.15, -0.1) is 0 Å². The lowest BCUT2D eigenvalue weighted by Crippen LogP contribution is -2.31. The number of halogens is 1. The number of nitrogens with one attached hydrogen (secondary N) is 2. The van der Waals surface area contributed by atoms with E-state index < -0.39 is 41.7 Å². The van der Waals surface area contributed by atoms with Gasteiger partial charge in [0.1, 0.15) is 0 Å². The molecule has 0 saturated heterocycles. The fourth-order valence-corrected chi connectivity index (χ4v) is 4.47. The van der Waals surface area contributed by atoms with Crippen LogP contribution in [0.5, 0.6) is 0 Å². The Morgan fingerprint density at radius 3 is 1.63 bits per heavy atom. The Morgan fingerprint density at radius 1 is 0.767 bits per heavy atom. The summed E-state index contributed by atoms with van der Waals surface area (Å²) in [5.41, 5.74) is 0.101. The Bertz CT molecular complexity index is 1070. The second-order valence-electron chi connectivity index (χ2n) is 5.08. The molecule has 2 aromatic rings. The second kappa shape index (κ2) is 12.3. The van der Waals surface area contributed by atoms with Crippen molar-refractivity contribution in [1.82, 2.24) is 9.44 Å². The van der Waals surface area contributed by atoms with E-state index in [1.165, 1.54) is 12.1 Å². The maximum atomic E-state index is 12.4. The maximum Gasteiger partial charge on any atom is 0.264 e. The van der Waals surface area contributed by atoms with Crippen LogP contribution < -0.4 is 9.44 Å². The van der Waals surface area contributed by atoms with Gasteiger partial charge in [0.05, 0.1) is 9.79 Å². The number of amides is 2. The number of hydrogen-bond acceptors (Lipinski definition) is 6. The molecule has 30 heavy (non-hydrogen) atoms. The van der Waals surface area contributed by atoms with Gasteiger partial charge in [0, 0.05) is 17.5 Å². The molecule has 2 rings (SSSR count). The first-order valence-electron chi connectivity index (χ1n) is 8.97. The molecule has 0 atom stereocenters. The standard InChI is InChI=1S/C15H13ClN2O6S2.2C2H6/c1-10(19)17-25(21,22)13-7-12(16)8-14(9-13)26(23,24)18-15(20)11-5-3-2-4-6-11;2*1-2/h2-9H,1H3,(H,17,19)(H,18,20);2*1-2H3. The van der Waals surface area contributed by atoms with Gasteiger partial charge in [0.2, 0.25) is 5.91 Å². The highest BCUT2D eigenvalue weighted by Gasteiger charge is 2.23. The summed E-state index contributed by atoms with van der Waals surface area (Å²) in [6.45, 7) is 8.99. The molecule has 2 amide bonds. The molecule has 2 aromatic carbocycles. The zero-order valence-corrected chi connectivity index (χ0v) is 19.7. The highest BCUT2D eigenvalue weighted by Crippen LogP contribution is 2.22. The molecule has 8 nitrogen and oxygen atoms in total. The van der Waals surface area contributed by atoms with Gasteiger partial charge in [-0.25, -0.2) is 26.3 Å². The summed E-state index contributed by atoms with van der Waals surface area (Å²) in [4.78, 5) is 22.0. The average Bonchev–Trinajstić information content (AvgIpc) is 2.70. The number of benzene rings is 2. The maximum absolute atomic E-state index is 12.4. The largest absolute Gasteiger partial charge is 0.274 e. The van der Waals surface area contributed by atoms with Gasteiger partial charge >= 0.3 is 0 Å². The number of rotatable bonds is 5. The van der Waals surface area contributed by atoms with E-state index in [1.54, 1.807) is 22.9 Å². The van der Waals surface area contributed by atoms with Crippen LogP contribution in [0, 0.1) is 0 Å². The van der Waals surface area contributed by atoms with Crippen molar-refractivity contribution in [2.24, 2.45) is 0 Å². The first-order valence-corrected chi connectivity index (χ1v) is 12.3. The first kappa shape index (κ1) is 27.6. The highest BCUT2D eigenvalue weighted by atomic mass is 35.5. The van der Waals surface area contributed by atoms with E-state index in [9.17, 15) is 26.4 Å². The van der Waals surface area contributed by atoms with Crippen LogP contribution in [0.2, 0.25) is 5.02 Å². The number of carbonyl (C=O) groups is 2. The smallest absolute Gasteiger partial charge is 0.264 e. The zero-order valence-electron chi connectivity index (χ0n) is 17.3. The second-order valence-corrected chi connectivity index (χ2v) is 8.89. The highest BCUT2D eigenvalue weighted by molar-refractivity contribution is 7.91. The zero-order chi connectivity index (χ0) is 23.5. The van der Waals surface area contributed by atoms with Crippen LogP contribution in [0.25, 0.3) is 0 Å². The van der Waals surface area contributed by atoms with Crippen LogP contribution in [0.1, 0.15) is 45.0 Å². The summed E-state index contributed by atoms with van der Waals surface area (Å²) >= 11 is 5.80. The molecule has 0 radical (unpaired) electrons.